The van der Waals surface area contributed by atoms with E-state index < -0.39 is 16.6 Å². The van der Waals surface area contributed by atoms with Crippen molar-refractivity contribution in [2.75, 3.05) is 0 Å². The highest BCUT2D eigenvalue weighted by molar-refractivity contribution is 7.14. The first-order valence-corrected chi connectivity index (χ1v) is 16.0. The molecule has 0 aliphatic carbocycles. The van der Waals surface area contributed by atoms with Gasteiger partial charge in [0.05, 0.1) is 0 Å². The van der Waals surface area contributed by atoms with E-state index in [-0.39, 0.29) is 0 Å². The maximum Gasteiger partial charge on any atom is 0.278 e. The van der Waals surface area contributed by atoms with Crippen LogP contribution in [0.4, 0.5) is 0 Å². The van der Waals surface area contributed by atoms with Crippen molar-refractivity contribution in [3.05, 3.63) is 152 Å². The number of rotatable bonds is 7. The van der Waals surface area contributed by atoms with E-state index in [2.05, 4.69) is 158 Å². The lowest BCUT2D eigenvalue weighted by Crippen LogP contribution is -2.76. The minimum absolute atomic E-state index is 1.26. The van der Waals surface area contributed by atoms with E-state index in [1.165, 1.54) is 25.9 Å². The first kappa shape index (κ1) is 22.3. The van der Waals surface area contributed by atoms with Gasteiger partial charge in [-0.2, -0.15) is 0 Å². The van der Waals surface area contributed by atoms with E-state index in [0.717, 1.165) is 0 Å². The van der Waals surface area contributed by atoms with Crippen molar-refractivity contribution in [3.8, 4) is 0 Å². The summed E-state index contributed by atoms with van der Waals surface area (Å²) in [6, 6.07) is 54.2. The van der Waals surface area contributed by atoms with Crippen LogP contribution in [0.2, 0.25) is 6.55 Å². The third-order valence-corrected chi connectivity index (χ3v) is 15.7. The second kappa shape index (κ2) is 9.78. The summed E-state index contributed by atoms with van der Waals surface area (Å²) >= 11 is 0. The number of benzene rings is 5. The van der Waals surface area contributed by atoms with Gasteiger partial charge in [-0.05, 0) is 32.5 Å². The van der Waals surface area contributed by atoms with Gasteiger partial charge in [-0.1, -0.05) is 152 Å². The average molecular weight is 473 g/mol. The third kappa shape index (κ3) is 4.10. The van der Waals surface area contributed by atoms with Crippen LogP contribution >= 0.6 is 0 Å². The highest BCUT2D eigenvalue weighted by Gasteiger charge is 2.49. The van der Waals surface area contributed by atoms with E-state index in [1.807, 2.05) is 0 Å². The second-order valence-electron chi connectivity index (χ2n) is 8.65. The fourth-order valence-electron chi connectivity index (χ4n) is 4.80. The van der Waals surface area contributed by atoms with Gasteiger partial charge in [0.2, 0.25) is 8.32 Å². The lowest BCUT2D eigenvalue weighted by molar-refractivity contribution is 0.593. The van der Waals surface area contributed by atoms with E-state index in [0.29, 0.717) is 0 Å². The average Bonchev–Trinajstić information content (AvgIpc) is 2.94. The molecule has 0 bridgehead atoms. The Hall–Kier alpha value is -3.51. The van der Waals surface area contributed by atoms with Crippen LogP contribution in [-0.4, -0.2) is 16.6 Å². The maximum atomic E-state index is 7.83. The Morgan fingerprint density at radius 1 is 0.353 bits per heavy atom. The first-order chi connectivity index (χ1) is 16.7. The maximum absolute atomic E-state index is 7.83. The van der Waals surface area contributed by atoms with Gasteiger partial charge in [0.25, 0.3) is 8.32 Å². The van der Waals surface area contributed by atoms with Crippen LogP contribution in [0, 0.1) is 0 Å². The highest BCUT2D eigenvalue weighted by atomic mass is 28.4. The van der Waals surface area contributed by atoms with Crippen molar-refractivity contribution in [1.82, 2.24) is 0 Å². The number of hydrogen-bond acceptors (Lipinski definition) is 1. The van der Waals surface area contributed by atoms with Crippen molar-refractivity contribution in [2.45, 2.75) is 6.55 Å². The fourth-order valence-corrected chi connectivity index (χ4v) is 14.6. The molecule has 5 aromatic rings. The monoisotopic (exact) mass is 472 g/mol. The molecule has 0 aliphatic heterocycles. The van der Waals surface area contributed by atoms with Gasteiger partial charge in [-0.15, -0.1) is 0 Å². The quantitative estimate of drug-likeness (QED) is 0.256. The summed E-state index contributed by atoms with van der Waals surface area (Å²) in [6.45, 7) is 2.36. The topological polar surface area (TPSA) is 9.23 Å². The molecule has 0 amide bonds. The van der Waals surface area contributed by atoms with Gasteiger partial charge in [-0.3, -0.25) is 0 Å². The lowest BCUT2D eigenvalue weighted by Gasteiger charge is -2.42. The standard InChI is InChI=1S/C31H28OSi2/c1-33(27-17-7-2-8-18-27,28-19-9-3-10-20-28)32-34(29-21-11-4-12-22-29,30-23-13-5-14-24-30)31-25-15-6-16-26-31/h2-26H,1H3. The van der Waals surface area contributed by atoms with Gasteiger partial charge in [0, 0.05) is 0 Å². The molecule has 166 valence electrons. The summed E-state index contributed by atoms with van der Waals surface area (Å²) < 4.78 is 7.83. The molecule has 0 N–H and O–H groups in total. The summed E-state index contributed by atoms with van der Waals surface area (Å²) in [5.74, 6) is 0. The molecule has 0 saturated heterocycles. The molecule has 34 heavy (non-hydrogen) atoms. The second-order valence-corrected chi connectivity index (χ2v) is 15.8. The Morgan fingerprint density at radius 2 is 0.588 bits per heavy atom. The highest BCUT2D eigenvalue weighted by Crippen LogP contribution is 2.18. The predicted octanol–water partition coefficient (Wildman–Crippen LogP) is 4.06. The number of hydrogen-bond donors (Lipinski definition) is 0. The zero-order chi connectivity index (χ0) is 23.3. The van der Waals surface area contributed by atoms with Crippen molar-refractivity contribution in [3.63, 3.8) is 0 Å². The zero-order valence-corrected chi connectivity index (χ0v) is 21.3. The normalized spacial score (nSPS) is 11.8. The fraction of sp³-hybridized carbons (Fsp3) is 0.0323. The van der Waals surface area contributed by atoms with Crippen molar-refractivity contribution < 1.29 is 4.12 Å². The van der Waals surface area contributed by atoms with E-state index in [1.54, 1.807) is 0 Å². The Bertz CT molecular complexity index is 1170. The molecule has 0 fully saturated rings. The molecule has 5 aromatic carbocycles. The van der Waals surface area contributed by atoms with Gasteiger partial charge < -0.3 is 4.12 Å². The molecular formula is C31H28OSi2. The molecule has 5 rings (SSSR count). The van der Waals surface area contributed by atoms with Crippen molar-refractivity contribution in [2.24, 2.45) is 0 Å². The van der Waals surface area contributed by atoms with Gasteiger partial charge in [0.15, 0.2) is 0 Å². The molecule has 0 unspecified atom stereocenters. The minimum Gasteiger partial charge on any atom is -0.439 e. The molecule has 3 heteroatoms. The summed E-state index contributed by atoms with van der Waals surface area (Å²) in [4.78, 5) is 0. The smallest absolute Gasteiger partial charge is 0.278 e. The Morgan fingerprint density at radius 3 is 0.853 bits per heavy atom. The Kier molecular flexibility index (Phi) is 6.41. The lowest BCUT2D eigenvalue weighted by atomic mass is 10.3. The molecule has 0 aliphatic rings. The van der Waals surface area contributed by atoms with Crippen LogP contribution in [0.5, 0.6) is 0 Å². The molecule has 0 saturated carbocycles. The van der Waals surface area contributed by atoms with Crippen LogP contribution in [-0.2, 0) is 4.12 Å². The predicted molar refractivity (Wildman–Crippen MR) is 149 cm³/mol. The molecule has 0 aromatic heterocycles. The van der Waals surface area contributed by atoms with E-state index >= 15 is 0 Å². The largest absolute Gasteiger partial charge is 0.439 e. The Balaban J connectivity index is 1.83. The summed E-state index contributed by atoms with van der Waals surface area (Å²) in [7, 11) is -5.49. The summed E-state index contributed by atoms with van der Waals surface area (Å²) in [6.07, 6.45) is 0. The van der Waals surface area contributed by atoms with E-state index in [9.17, 15) is 0 Å². The summed E-state index contributed by atoms with van der Waals surface area (Å²) in [5.41, 5.74) is 0. The van der Waals surface area contributed by atoms with Crippen LogP contribution in [0.3, 0.4) is 0 Å². The zero-order valence-electron chi connectivity index (χ0n) is 19.3. The van der Waals surface area contributed by atoms with Gasteiger partial charge in [0.1, 0.15) is 0 Å². The van der Waals surface area contributed by atoms with Crippen molar-refractivity contribution >= 4 is 42.6 Å². The molecule has 1 nitrogen and oxygen atoms in total. The minimum atomic E-state index is -2.86. The molecule has 0 atom stereocenters. The van der Waals surface area contributed by atoms with Gasteiger partial charge >= 0.3 is 0 Å². The first-order valence-electron chi connectivity index (χ1n) is 11.7. The molecular weight excluding hydrogens is 445 g/mol. The Labute approximate surface area is 204 Å². The third-order valence-electron chi connectivity index (χ3n) is 6.55. The SMILES string of the molecule is C[Si](O[Si](c1ccccc1)(c1ccccc1)c1ccccc1)(c1ccccc1)c1ccccc1. The van der Waals surface area contributed by atoms with Crippen LogP contribution < -0.4 is 25.9 Å². The van der Waals surface area contributed by atoms with Crippen LogP contribution in [0.25, 0.3) is 0 Å². The van der Waals surface area contributed by atoms with Crippen LogP contribution in [0.15, 0.2) is 152 Å². The molecule has 0 radical (unpaired) electrons. The van der Waals surface area contributed by atoms with E-state index in [4.69, 9.17) is 4.12 Å². The van der Waals surface area contributed by atoms with Gasteiger partial charge in [-0.25, -0.2) is 0 Å². The van der Waals surface area contributed by atoms with Crippen molar-refractivity contribution in [1.29, 1.82) is 0 Å². The molecule has 0 heterocycles. The summed E-state index contributed by atoms with van der Waals surface area (Å²) in [5, 5.41) is 6.34. The molecule has 0 spiro atoms. The van der Waals surface area contributed by atoms with Crippen LogP contribution in [0.1, 0.15) is 0 Å².